The van der Waals surface area contributed by atoms with Crippen molar-refractivity contribution in [3.63, 3.8) is 0 Å². The van der Waals surface area contributed by atoms with Crippen molar-refractivity contribution in [3.8, 4) is 5.75 Å². The molecule has 26 heavy (non-hydrogen) atoms. The van der Waals surface area contributed by atoms with Gasteiger partial charge >= 0.3 is 0 Å². The lowest BCUT2D eigenvalue weighted by molar-refractivity contribution is -0.119. The quantitative estimate of drug-likeness (QED) is 0.667. The predicted molar refractivity (Wildman–Crippen MR) is 99.6 cm³/mol. The van der Waals surface area contributed by atoms with Gasteiger partial charge in [-0.05, 0) is 43.5 Å². The highest BCUT2D eigenvalue weighted by Crippen LogP contribution is 2.21. The molecule has 0 spiro atoms. The lowest BCUT2D eigenvalue weighted by Gasteiger charge is -2.09. The van der Waals surface area contributed by atoms with E-state index in [9.17, 15) is 4.79 Å². The molecular weight excluding hydrogens is 376 g/mol. The van der Waals surface area contributed by atoms with E-state index in [-0.39, 0.29) is 24.4 Å². The highest BCUT2D eigenvalue weighted by molar-refractivity contribution is 7.99. The van der Waals surface area contributed by atoms with Gasteiger partial charge in [-0.2, -0.15) is 0 Å². The van der Waals surface area contributed by atoms with Crippen molar-refractivity contribution in [2.24, 2.45) is 0 Å². The van der Waals surface area contributed by atoms with Gasteiger partial charge in [0.05, 0.1) is 11.9 Å². The third-order valence-corrected chi connectivity index (χ3v) is 5.17. The number of aromatic nitrogens is 3. The summed E-state index contributed by atoms with van der Waals surface area (Å²) in [4.78, 5) is 16.2. The molecule has 1 atom stereocenters. The summed E-state index contributed by atoms with van der Waals surface area (Å²) in [6, 6.07) is 5.47. The molecule has 0 saturated carbocycles. The van der Waals surface area contributed by atoms with Crippen LogP contribution in [-0.4, -0.2) is 46.1 Å². The number of thioether (sulfide) groups is 1. The number of amides is 1. The second-order valence-electron chi connectivity index (χ2n) is 5.99. The van der Waals surface area contributed by atoms with E-state index in [1.807, 2.05) is 13.0 Å². The zero-order valence-corrected chi connectivity index (χ0v) is 16.0. The number of aromatic amines is 1. The summed E-state index contributed by atoms with van der Waals surface area (Å²) < 4.78 is 11.1. The van der Waals surface area contributed by atoms with Crippen molar-refractivity contribution in [2.75, 3.05) is 18.9 Å². The van der Waals surface area contributed by atoms with Gasteiger partial charge < -0.3 is 14.8 Å². The molecule has 2 heterocycles. The molecule has 2 N–H and O–H groups in total. The first-order valence-electron chi connectivity index (χ1n) is 8.41. The molecule has 1 aromatic heterocycles. The number of benzene rings is 1. The van der Waals surface area contributed by atoms with Gasteiger partial charge in [-0.3, -0.25) is 9.89 Å². The molecule has 0 aliphatic carbocycles. The van der Waals surface area contributed by atoms with E-state index in [0.29, 0.717) is 28.3 Å². The monoisotopic (exact) mass is 396 g/mol. The van der Waals surface area contributed by atoms with E-state index in [2.05, 4.69) is 20.5 Å². The maximum absolute atomic E-state index is 11.9. The predicted octanol–water partition coefficient (Wildman–Crippen LogP) is 2.73. The van der Waals surface area contributed by atoms with E-state index in [1.165, 1.54) is 11.8 Å². The van der Waals surface area contributed by atoms with Crippen LogP contribution >= 0.6 is 23.4 Å². The summed E-state index contributed by atoms with van der Waals surface area (Å²) in [6.07, 6.45) is 2.21. The van der Waals surface area contributed by atoms with Gasteiger partial charge in [0.1, 0.15) is 12.4 Å². The maximum atomic E-state index is 11.9. The number of ether oxygens (including phenoxy) is 2. The van der Waals surface area contributed by atoms with Crippen LogP contribution in [0.25, 0.3) is 0 Å². The average Bonchev–Trinajstić information content (AvgIpc) is 3.31. The van der Waals surface area contributed by atoms with Crippen molar-refractivity contribution in [1.82, 2.24) is 20.5 Å². The molecule has 2 aromatic rings. The van der Waals surface area contributed by atoms with Gasteiger partial charge in [0, 0.05) is 18.2 Å². The molecule has 0 bridgehead atoms. The Labute approximate surface area is 161 Å². The topological polar surface area (TPSA) is 89.1 Å². The van der Waals surface area contributed by atoms with E-state index < -0.39 is 0 Å². The minimum Gasteiger partial charge on any atom is -0.486 e. The Morgan fingerprint density at radius 1 is 1.54 bits per heavy atom. The molecule has 1 fully saturated rings. The van der Waals surface area contributed by atoms with E-state index >= 15 is 0 Å². The number of H-pyrrole nitrogens is 1. The number of nitrogens with zero attached hydrogens (tertiary/aromatic N) is 2. The summed E-state index contributed by atoms with van der Waals surface area (Å²) in [6.45, 7) is 3.53. The molecule has 140 valence electrons. The highest BCUT2D eigenvalue weighted by Gasteiger charge is 2.16. The molecule has 1 saturated heterocycles. The second-order valence-corrected chi connectivity index (χ2v) is 7.34. The van der Waals surface area contributed by atoms with Crippen LogP contribution in [0.1, 0.15) is 24.2 Å². The first-order chi connectivity index (χ1) is 12.6. The zero-order valence-electron chi connectivity index (χ0n) is 14.5. The highest BCUT2D eigenvalue weighted by atomic mass is 35.5. The summed E-state index contributed by atoms with van der Waals surface area (Å²) >= 11 is 7.27. The Morgan fingerprint density at radius 2 is 2.42 bits per heavy atom. The number of aryl methyl sites for hydroxylation is 1. The number of hydrogen-bond donors (Lipinski definition) is 2. The van der Waals surface area contributed by atoms with Gasteiger partial charge in [0.15, 0.2) is 5.82 Å². The number of carbonyl (C=O) groups is 1. The van der Waals surface area contributed by atoms with Gasteiger partial charge in [-0.15, -0.1) is 5.10 Å². The molecule has 0 radical (unpaired) electrons. The summed E-state index contributed by atoms with van der Waals surface area (Å²) in [5.41, 5.74) is 0.951. The minimum absolute atomic E-state index is 0.0512. The van der Waals surface area contributed by atoms with E-state index in [0.717, 1.165) is 25.0 Å². The first kappa shape index (κ1) is 19.0. The fourth-order valence-electron chi connectivity index (χ4n) is 2.48. The van der Waals surface area contributed by atoms with Crippen molar-refractivity contribution in [1.29, 1.82) is 0 Å². The number of carbonyl (C=O) groups excluding carboxylic acids is 1. The lowest BCUT2D eigenvalue weighted by atomic mass is 10.2. The van der Waals surface area contributed by atoms with Crippen LogP contribution in [0.15, 0.2) is 23.4 Å². The SMILES string of the molecule is Cc1cc(OCc2nc(SCC(=O)NCC3CCCO3)n[nH]2)ccc1Cl. The summed E-state index contributed by atoms with van der Waals surface area (Å²) in [5, 5.41) is 11.0. The smallest absolute Gasteiger partial charge is 0.230 e. The Bertz CT molecular complexity index is 749. The number of hydrogen-bond acceptors (Lipinski definition) is 6. The largest absolute Gasteiger partial charge is 0.486 e. The number of rotatable bonds is 8. The summed E-state index contributed by atoms with van der Waals surface area (Å²) in [5.74, 6) is 1.52. The fourth-order valence-corrected chi connectivity index (χ4v) is 3.24. The molecular formula is C17H21ClN4O3S. The maximum Gasteiger partial charge on any atom is 0.230 e. The van der Waals surface area contributed by atoms with Gasteiger partial charge in [0.25, 0.3) is 0 Å². The molecule has 3 rings (SSSR count). The van der Waals surface area contributed by atoms with Crippen molar-refractivity contribution >= 4 is 29.3 Å². The molecule has 1 aliphatic rings. The number of nitrogens with one attached hydrogen (secondary N) is 2. The zero-order chi connectivity index (χ0) is 18.4. The fraction of sp³-hybridized carbons (Fsp3) is 0.471. The van der Waals surface area contributed by atoms with Crippen molar-refractivity contribution < 1.29 is 14.3 Å². The Balaban J connectivity index is 1.39. The van der Waals surface area contributed by atoms with Crippen LogP contribution in [-0.2, 0) is 16.1 Å². The third kappa shape index (κ3) is 5.62. The van der Waals surface area contributed by atoms with Crippen LogP contribution in [0, 0.1) is 6.92 Å². The lowest BCUT2D eigenvalue weighted by Crippen LogP contribution is -2.32. The molecule has 1 aliphatic heterocycles. The Kier molecular flexibility index (Phi) is 6.76. The number of halogens is 1. The summed E-state index contributed by atoms with van der Waals surface area (Å²) in [7, 11) is 0. The molecule has 1 unspecified atom stereocenters. The molecule has 1 aromatic carbocycles. The van der Waals surface area contributed by atoms with Crippen LogP contribution < -0.4 is 10.1 Å². The van der Waals surface area contributed by atoms with Crippen LogP contribution in [0.3, 0.4) is 0 Å². The Morgan fingerprint density at radius 3 is 3.19 bits per heavy atom. The van der Waals surface area contributed by atoms with E-state index in [4.69, 9.17) is 21.1 Å². The molecule has 1 amide bonds. The van der Waals surface area contributed by atoms with Crippen LogP contribution in [0.5, 0.6) is 5.75 Å². The Hall–Kier alpha value is -1.77. The normalized spacial score (nSPS) is 16.6. The molecule has 9 heteroatoms. The van der Waals surface area contributed by atoms with Gasteiger partial charge in [0.2, 0.25) is 11.1 Å². The van der Waals surface area contributed by atoms with Crippen molar-refractivity contribution in [3.05, 3.63) is 34.6 Å². The van der Waals surface area contributed by atoms with E-state index in [1.54, 1.807) is 12.1 Å². The molecule has 7 nitrogen and oxygen atoms in total. The van der Waals surface area contributed by atoms with Crippen molar-refractivity contribution in [2.45, 2.75) is 37.6 Å². The second kappa shape index (κ2) is 9.25. The van der Waals surface area contributed by atoms with Crippen LogP contribution in [0.4, 0.5) is 0 Å². The first-order valence-corrected chi connectivity index (χ1v) is 9.78. The van der Waals surface area contributed by atoms with Crippen LogP contribution in [0.2, 0.25) is 5.02 Å². The third-order valence-electron chi connectivity index (χ3n) is 3.90. The average molecular weight is 397 g/mol. The van der Waals surface area contributed by atoms with Gasteiger partial charge in [-0.25, -0.2) is 4.98 Å². The minimum atomic E-state index is -0.0512. The van der Waals surface area contributed by atoms with Gasteiger partial charge in [-0.1, -0.05) is 23.4 Å². The standard InChI is InChI=1S/C17H21ClN4O3S/c1-11-7-12(4-5-14(11)18)25-9-15-20-17(22-21-15)26-10-16(23)19-8-13-3-2-6-24-13/h4-5,7,13H,2-3,6,8-10H2,1H3,(H,19,23)(H,20,21,22).